The second kappa shape index (κ2) is 4.59. The molecule has 2 aromatic rings. The Morgan fingerprint density at radius 1 is 1.12 bits per heavy atom. The van der Waals surface area contributed by atoms with Crippen LogP contribution in [0.1, 0.15) is 11.3 Å². The number of rotatable bonds is 2. The fraction of sp³-hybridized carbons (Fsp3) is 0.143. The molecule has 0 aliphatic heterocycles. The minimum absolute atomic E-state index is 0.361. The first-order valence-electron chi connectivity index (χ1n) is 5.20. The molecule has 0 aliphatic rings. The summed E-state index contributed by atoms with van der Waals surface area (Å²) >= 11 is 0. The highest BCUT2D eigenvalue weighted by atomic mass is 14.7. The van der Waals surface area contributed by atoms with Crippen molar-refractivity contribution in [2.45, 2.75) is 13.3 Å². The number of hydrogen-bond acceptors (Lipinski definition) is 2. The Balaban J connectivity index is 2.45. The lowest BCUT2D eigenvalue weighted by Crippen LogP contribution is -1.92. The van der Waals surface area contributed by atoms with Gasteiger partial charge in [0.15, 0.2) is 0 Å². The maximum Gasteiger partial charge on any atom is 0.0774 e. The van der Waals surface area contributed by atoms with Crippen molar-refractivity contribution in [2.24, 2.45) is 0 Å². The van der Waals surface area contributed by atoms with Crippen LogP contribution in [0.25, 0.3) is 11.3 Å². The van der Waals surface area contributed by atoms with Gasteiger partial charge in [-0.05, 0) is 24.6 Å². The molecule has 0 amide bonds. The van der Waals surface area contributed by atoms with Gasteiger partial charge in [0.2, 0.25) is 0 Å². The molecular formula is C14H12N2. The summed E-state index contributed by atoms with van der Waals surface area (Å²) in [6, 6.07) is 16.0. The van der Waals surface area contributed by atoms with E-state index in [2.05, 4.69) is 24.0 Å². The summed E-state index contributed by atoms with van der Waals surface area (Å²) in [4.78, 5) is 4.47. The van der Waals surface area contributed by atoms with E-state index in [1.54, 1.807) is 0 Å². The first-order valence-corrected chi connectivity index (χ1v) is 5.20. The second-order valence-corrected chi connectivity index (χ2v) is 3.66. The van der Waals surface area contributed by atoms with Crippen molar-refractivity contribution in [2.75, 3.05) is 0 Å². The highest BCUT2D eigenvalue weighted by Crippen LogP contribution is 2.21. The molecule has 0 fully saturated rings. The standard InChI is InChI=1S/C14H12N2/c1-11-5-2-3-7-13(11)14-8-4-6-12(16-14)9-10-15/h2-8H,9H2,1H3. The molecule has 0 atom stereocenters. The van der Waals surface area contributed by atoms with Crippen LogP contribution in [-0.2, 0) is 6.42 Å². The van der Waals surface area contributed by atoms with E-state index in [-0.39, 0.29) is 0 Å². The summed E-state index contributed by atoms with van der Waals surface area (Å²) < 4.78 is 0. The largest absolute Gasteiger partial charge is 0.252 e. The Bertz CT molecular complexity index is 538. The summed E-state index contributed by atoms with van der Waals surface area (Å²) in [5.41, 5.74) is 4.08. The minimum Gasteiger partial charge on any atom is -0.252 e. The van der Waals surface area contributed by atoms with E-state index in [0.29, 0.717) is 6.42 Å². The van der Waals surface area contributed by atoms with Gasteiger partial charge in [0, 0.05) is 5.56 Å². The van der Waals surface area contributed by atoms with Gasteiger partial charge in [-0.2, -0.15) is 5.26 Å². The van der Waals surface area contributed by atoms with Crippen molar-refractivity contribution < 1.29 is 0 Å². The van der Waals surface area contributed by atoms with E-state index in [1.165, 1.54) is 5.56 Å². The van der Waals surface area contributed by atoms with Crippen molar-refractivity contribution in [3.63, 3.8) is 0 Å². The van der Waals surface area contributed by atoms with Crippen LogP contribution in [0, 0.1) is 18.3 Å². The van der Waals surface area contributed by atoms with Crippen LogP contribution in [0.3, 0.4) is 0 Å². The lowest BCUT2D eigenvalue weighted by atomic mass is 10.1. The fourth-order valence-corrected chi connectivity index (χ4v) is 1.67. The Morgan fingerprint density at radius 3 is 2.69 bits per heavy atom. The molecule has 1 aromatic heterocycles. The van der Waals surface area contributed by atoms with Crippen LogP contribution < -0.4 is 0 Å². The van der Waals surface area contributed by atoms with E-state index in [4.69, 9.17) is 5.26 Å². The van der Waals surface area contributed by atoms with Crippen LogP contribution >= 0.6 is 0 Å². The van der Waals surface area contributed by atoms with Crippen LogP contribution in [0.5, 0.6) is 0 Å². The Hall–Kier alpha value is -2.14. The molecule has 0 bridgehead atoms. The summed E-state index contributed by atoms with van der Waals surface area (Å²) in [6.45, 7) is 2.06. The van der Waals surface area contributed by atoms with Gasteiger partial charge in [0.1, 0.15) is 0 Å². The number of pyridine rings is 1. The number of aromatic nitrogens is 1. The van der Waals surface area contributed by atoms with Crippen molar-refractivity contribution >= 4 is 0 Å². The lowest BCUT2D eigenvalue weighted by molar-refractivity contribution is 1.12. The summed E-state index contributed by atoms with van der Waals surface area (Å²) in [5.74, 6) is 0. The molecule has 0 unspecified atom stereocenters. The molecule has 0 saturated carbocycles. The molecule has 0 aliphatic carbocycles. The molecule has 2 heteroatoms. The van der Waals surface area contributed by atoms with E-state index >= 15 is 0 Å². The molecule has 78 valence electrons. The molecular weight excluding hydrogens is 196 g/mol. The van der Waals surface area contributed by atoms with Crippen LogP contribution in [0.15, 0.2) is 42.5 Å². The van der Waals surface area contributed by atoms with Gasteiger partial charge in [0.05, 0.1) is 23.9 Å². The zero-order valence-corrected chi connectivity index (χ0v) is 9.14. The van der Waals surface area contributed by atoms with Gasteiger partial charge < -0.3 is 0 Å². The molecule has 0 N–H and O–H groups in total. The van der Waals surface area contributed by atoms with Crippen molar-refractivity contribution in [3.8, 4) is 17.3 Å². The van der Waals surface area contributed by atoms with E-state index < -0.39 is 0 Å². The van der Waals surface area contributed by atoms with Crippen LogP contribution in [0.2, 0.25) is 0 Å². The third-order valence-electron chi connectivity index (χ3n) is 2.49. The smallest absolute Gasteiger partial charge is 0.0774 e. The Morgan fingerprint density at radius 2 is 1.94 bits per heavy atom. The van der Waals surface area contributed by atoms with Gasteiger partial charge in [-0.1, -0.05) is 30.3 Å². The summed E-state index contributed by atoms with van der Waals surface area (Å²) in [7, 11) is 0. The monoisotopic (exact) mass is 208 g/mol. The molecule has 0 radical (unpaired) electrons. The van der Waals surface area contributed by atoms with Gasteiger partial charge in [-0.15, -0.1) is 0 Å². The molecule has 0 saturated heterocycles. The summed E-state index contributed by atoms with van der Waals surface area (Å²) in [6.07, 6.45) is 0.361. The highest BCUT2D eigenvalue weighted by molar-refractivity contribution is 5.63. The summed E-state index contributed by atoms with van der Waals surface area (Å²) in [5, 5.41) is 8.65. The normalized spacial score (nSPS) is 9.75. The van der Waals surface area contributed by atoms with E-state index in [9.17, 15) is 0 Å². The number of nitrogens with zero attached hydrogens (tertiary/aromatic N) is 2. The first kappa shape index (κ1) is 10.4. The zero-order chi connectivity index (χ0) is 11.4. The quantitative estimate of drug-likeness (QED) is 0.760. The fourth-order valence-electron chi connectivity index (χ4n) is 1.67. The SMILES string of the molecule is Cc1ccccc1-c1cccc(CC#N)n1. The second-order valence-electron chi connectivity index (χ2n) is 3.66. The van der Waals surface area contributed by atoms with Crippen molar-refractivity contribution in [1.82, 2.24) is 4.98 Å². The Labute approximate surface area is 95.2 Å². The number of aryl methyl sites for hydroxylation is 1. The topological polar surface area (TPSA) is 36.7 Å². The predicted molar refractivity (Wildman–Crippen MR) is 63.7 cm³/mol. The highest BCUT2D eigenvalue weighted by Gasteiger charge is 2.03. The van der Waals surface area contributed by atoms with Crippen LogP contribution in [0.4, 0.5) is 0 Å². The van der Waals surface area contributed by atoms with Gasteiger partial charge in [-0.3, -0.25) is 4.98 Å². The number of benzene rings is 1. The molecule has 0 spiro atoms. The number of hydrogen-bond donors (Lipinski definition) is 0. The zero-order valence-electron chi connectivity index (χ0n) is 9.14. The van der Waals surface area contributed by atoms with Gasteiger partial charge >= 0.3 is 0 Å². The maximum absolute atomic E-state index is 8.65. The minimum atomic E-state index is 0.361. The predicted octanol–water partition coefficient (Wildman–Crippen LogP) is 3.12. The first-order chi connectivity index (χ1) is 7.81. The van der Waals surface area contributed by atoms with Crippen molar-refractivity contribution in [1.29, 1.82) is 5.26 Å². The third-order valence-corrected chi connectivity index (χ3v) is 2.49. The molecule has 2 nitrogen and oxygen atoms in total. The van der Waals surface area contributed by atoms with Gasteiger partial charge in [0.25, 0.3) is 0 Å². The average Bonchev–Trinajstić information content (AvgIpc) is 2.30. The number of nitriles is 1. The maximum atomic E-state index is 8.65. The molecule has 2 rings (SSSR count). The van der Waals surface area contributed by atoms with E-state index in [0.717, 1.165) is 17.0 Å². The lowest BCUT2D eigenvalue weighted by Gasteiger charge is -2.05. The van der Waals surface area contributed by atoms with E-state index in [1.807, 2.05) is 36.4 Å². The molecule has 16 heavy (non-hydrogen) atoms. The van der Waals surface area contributed by atoms with Crippen LogP contribution in [-0.4, -0.2) is 4.98 Å². The Kier molecular flexibility index (Phi) is 2.98. The average molecular weight is 208 g/mol. The molecule has 1 heterocycles. The molecule has 1 aromatic carbocycles. The third kappa shape index (κ3) is 2.09. The van der Waals surface area contributed by atoms with Crippen molar-refractivity contribution in [3.05, 3.63) is 53.7 Å². The van der Waals surface area contributed by atoms with Gasteiger partial charge in [-0.25, -0.2) is 0 Å².